The van der Waals surface area contributed by atoms with Crippen LogP contribution in [0.1, 0.15) is 23.9 Å². The predicted octanol–water partition coefficient (Wildman–Crippen LogP) is 2.79. The van der Waals surface area contributed by atoms with Crippen molar-refractivity contribution in [1.82, 2.24) is 5.32 Å². The lowest BCUT2D eigenvalue weighted by atomic mass is 10.2. The molecule has 3 nitrogen and oxygen atoms in total. The average Bonchev–Trinajstić information content (AvgIpc) is 2.52. The fourth-order valence-corrected chi connectivity index (χ4v) is 1.60. The summed E-state index contributed by atoms with van der Waals surface area (Å²) in [5, 5.41) is 2.77. The Morgan fingerprint density at radius 3 is 2.93 bits per heavy atom. The molecule has 1 unspecified atom stereocenters. The van der Waals surface area contributed by atoms with Gasteiger partial charge in [0, 0.05) is 11.9 Å². The smallest absolute Gasteiger partial charge is 0.287 e. The molecule has 0 aromatic carbocycles. The normalized spacial score (nSPS) is 12.5. The molecule has 0 aliphatic rings. The maximum atomic E-state index is 11.5. The molecule has 1 rings (SSSR count). The number of hydrogen-bond donors (Lipinski definition) is 1. The first-order valence-electron chi connectivity index (χ1n) is 4.25. The molecule has 0 bridgehead atoms. The number of nitrogens with one attached hydrogen (secondary N) is 1. The van der Waals surface area contributed by atoms with E-state index in [1.807, 2.05) is 6.92 Å². The SMILES string of the molecule is CC(CCCl)NC(=O)c1ccc(Br)o1. The first-order valence-corrected chi connectivity index (χ1v) is 5.58. The van der Waals surface area contributed by atoms with Crippen LogP contribution in [-0.2, 0) is 0 Å². The quantitative estimate of drug-likeness (QED) is 0.862. The monoisotopic (exact) mass is 279 g/mol. The van der Waals surface area contributed by atoms with Crippen LogP contribution < -0.4 is 5.32 Å². The molecule has 1 aromatic heterocycles. The van der Waals surface area contributed by atoms with E-state index in [2.05, 4.69) is 21.2 Å². The highest BCUT2D eigenvalue weighted by Gasteiger charge is 2.12. The van der Waals surface area contributed by atoms with Gasteiger partial charge in [0.1, 0.15) is 0 Å². The summed E-state index contributed by atoms with van der Waals surface area (Å²) in [4.78, 5) is 11.5. The van der Waals surface area contributed by atoms with Crippen molar-refractivity contribution in [2.75, 3.05) is 5.88 Å². The molecule has 1 amide bonds. The van der Waals surface area contributed by atoms with Gasteiger partial charge in [0.05, 0.1) is 0 Å². The zero-order chi connectivity index (χ0) is 10.6. The highest BCUT2D eigenvalue weighted by atomic mass is 79.9. The van der Waals surface area contributed by atoms with Crippen LogP contribution in [0.3, 0.4) is 0 Å². The van der Waals surface area contributed by atoms with E-state index in [1.54, 1.807) is 12.1 Å². The van der Waals surface area contributed by atoms with Crippen molar-refractivity contribution >= 4 is 33.4 Å². The fraction of sp³-hybridized carbons (Fsp3) is 0.444. The Hall–Kier alpha value is -0.480. The number of hydrogen-bond acceptors (Lipinski definition) is 2. The summed E-state index contributed by atoms with van der Waals surface area (Å²) in [7, 11) is 0. The number of carbonyl (C=O) groups is 1. The number of rotatable bonds is 4. The molecule has 0 saturated carbocycles. The summed E-state index contributed by atoms with van der Waals surface area (Å²) in [6.45, 7) is 1.90. The molecule has 1 aromatic rings. The van der Waals surface area contributed by atoms with Gasteiger partial charge < -0.3 is 9.73 Å². The van der Waals surface area contributed by atoms with Crippen molar-refractivity contribution in [2.24, 2.45) is 0 Å². The Morgan fingerprint density at radius 1 is 1.71 bits per heavy atom. The predicted molar refractivity (Wildman–Crippen MR) is 58.7 cm³/mol. The van der Waals surface area contributed by atoms with Gasteiger partial charge in [0.25, 0.3) is 5.91 Å². The highest BCUT2D eigenvalue weighted by molar-refractivity contribution is 9.10. The minimum Gasteiger partial charge on any atom is -0.444 e. The van der Waals surface area contributed by atoms with Crippen LogP contribution in [0.4, 0.5) is 0 Å². The molecule has 5 heteroatoms. The van der Waals surface area contributed by atoms with Crippen molar-refractivity contribution in [3.63, 3.8) is 0 Å². The zero-order valence-electron chi connectivity index (χ0n) is 7.72. The van der Waals surface area contributed by atoms with Crippen LogP contribution in [0.5, 0.6) is 0 Å². The van der Waals surface area contributed by atoms with Crippen LogP contribution in [0, 0.1) is 0 Å². The van der Waals surface area contributed by atoms with E-state index in [1.165, 1.54) is 0 Å². The second-order valence-electron chi connectivity index (χ2n) is 2.96. The van der Waals surface area contributed by atoms with Crippen molar-refractivity contribution in [1.29, 1.82) is 0 Å². The second kappa shape index (κ2) is 5.41. The van der Waals surface area contributed by atoms with Gasteiger partial charge in [-0.15, -0.1) is 11.6 Å². The maximum absolute atomic E-state index is 11.5. The Balaban J connectivity index is 2.50. The molecular weight excluding hydrogens is 269 g/mol. The molecule has 0 saturated heterocycles. The lowest BCUT2D eigenvalue weighted by Crippen LogP contribution is -2.32. The van der Waals surface area contributed by atoms with E-state index in [0.29, 0.717) is 16.3 Å². The summed E-state index contributed by atoms with van der Waals surface area (Å²) in [6.07, 6.45) is 0.745. The highest BCUT2D eigenvalue weighted by Crippen LogP contribution is 2.13. The van der Waals surface area contributed by atoms with E-state index in [0.717, 1.165) is 6.42 Å². The fourth-order valence-electron chi connectivity index (χ4n) is 0.967. The van der Waals surface area contributed by atoms with E-state index in [9.17, 15) is 4.79 Å². The molecule has 78 valence electrons. The number of alkyl halides is 1. The summed E-state index contributed by atoms with van der Waals surface area (Å²) >= 11 is 8.68. The number of carbonyl (C=O) groups excluding carboxylic acids is 1. The average molecular weight is 281 g/mol. The molecule has 0 radical (unpaired) electrons. The van der Waals surface area contributed by atoms with Crippen molar-refractivity contribution < 1.29 is 9.21 Å². The molecule has 0 aliphatic heterocycles. The van der Waals surface area contributed by atoms with Crippen LogP contribution >= 0.6 is 27.5 Å². The third-order valence-electron chi connectivity index (χ3n) is 1.72. The molecule has 0 fully saturated rings. The van der Waals surface area contributed by atoms with Gasteiger partial charge in [-0.1, -0.05) is 0 Å². The molecule has 1 heterocycles. The van der Waals surface area contributed by atoms with Crippen molar-refractivity contribution in [3.05, 3.63) is 22.6 Å². The minimum atomic E-state index is -0.215. The van der Waals surface area contributed by atoms with Crippen molar-refractivity contribution in [2.45, 2.75) is 19.4 Å². The van der Waals surface area contributed by atoms with E-state index >= 15 is 0 Å². The molecular formula is C9H11BrClNO2. The van der Waals surface area contributed by atoms with E-state index < -0.39 is 0 Å². The summed E-state index contributed by atoms with van der Waals surface area (Å²) in [6, 6.07) is 3.36. The van der Waals surface area contributed by atoms with Gasteiger partial charge in [-0.25, -0.2) is 0 Å². The van der Waals surface area contributed by atoms with Gasteiger partial charge >= 0.3 is 0 Å². The maximum Gasteiger partial charge on any atom is 0.287 e. The van der Waals surface area contributed by atoms with Crippen LogP contribution in [0.15, 0.2) is 21.2 Å². The Labute approximate surface area is 95.9 Å². The number of furan rings is 1. The standard InChI is InChI=1S/C9H11BrClNO2/c1-6(4-5-11)12-9(13)7-2-3-8(10)14-7/h2-3,6H,4-5H2,1H3,(H,12,13). The van der Waals surface area contributed by atoms with Crippen molar-refractivity contribution in [3.8, 4) is 0 Å². The van der Waals surface area contributed by atoms with Crippen LogP contribution in [0.2, 0.25) is 0 Å². The summed E-state index contributed by atoms with van der Waals surface area (Å²) < 4.78 is 5.64. The zero-order valence-corrected chi connectivity index (χ0v) is 10.1. The minimum absolute atomic E-state index is 0.0591. The molecule has 14 heavy (non-hydrogen) atoms. The van der Waals surface area contributed by atoms with Gasteiger partial charge in [-0.3, -0.25) is 4.79 Å². The second-order valence-corrected chi connectivity index (χ2v) is 4.12. The summed E-state index contributed by atoms with van der Waals surface area (Å²) in [5.41, 5.74) is 0. The molecule has 0 spiro atoms. The molecule has 1 N–H and O–H groups in total. The lowest BCUT2D eigenvalue weighted by molar-refractivity contribution is 0.0910. The number of amides is 1. The summed E-state index contributed by atoms with van der Waals surface area (Å²) in [5.74, 6) is 0.621. The third-order valence-corrected chi connectivity index (χ3v) is 2.36. The largest absolute Gasteiger partial charge is 0.444 e. The van der Waals surface area contributed by atoms with Gasteiger partial charge in [-0.05, 0) is 41.4 Å². The topological polar surface area (TPSA) is 42.2 Å². The van der Waals surface area contributed by atoms with E-state index in [4.69, 9.17) is 16.0 Å². The van der Waals surface area contributed by atoms with Crippen LogP contribution in [-0.4, -0.2) is 17.8 Å². The lowest BCUT2D eigenvalue weighted by Gasteiger charge is -2.10. The van der Waals surface area contributed by atoms with E-state index in [-0.39, 0.29) is 11.9 Å². The number of halogens is 2. The Bertz CT molecular complexity index is 314. The molecule has 1 atom stereocenters. The van der Waals surface area contributed by atoms with Gasteiger partial charge in [0.2, 0.25) is 0 Å². The first kappa shape index (κ1) is 11.6. The first-order chi connectivity index (χ1) is 6.63. The van der Waals surface area contributed by atoms with Gasteiger partial charge in [-0.2, -0.15) is 0 Å². The van der Waals surface area contributed by atoms with Gasteiger partial charge in [0.15, 0.2) is 10.4 Å². The van der Waals surface area contributed by atoms with Crippen LogP contribution in [0.25, 0.3) is 0 Å². The third kappa shape index (κ3) is 3.35. The Kier molecular flexibility index (Phi) is 4.48. The molecule has 0 aliphatic carbocycles. The Morgan fingerprint density at radius 2 is 2.43 bits per heavy atom.